The summed E-state index contributed by atoms with van der Waals surface area (Å²) >= 11 is 5.96. The van der Waals surface area contributed by atoms with Crippen molar-refractivity contribution in [2.24, 2.45) is 0 Å². The lowest BCUT2D eigenvalue weighted by Gasteiger charge is -2.12. The number of rotatable bonds is 6. The Balaban J connectivity index is 2.21. The molecule has 120 valence electrons. The molecule has 0 atom stereocenters. The highest BCUT2D eigenvalue weighted by Crippen LogP contribution is 2.27. The lowest BCUT2D eigenvalue weighted by atomic mass is 10.2. The third-order valence-corrected chi connectivity index (χ3v) is 3.32. The smallest absolute Gasteiger partial charge is 0.270 e. The number of benzene rings is 2. The van der Waals surface area contributed by atoms with Gasteiger partial charge in [0.25, 0.3) is 11.6 Å². The molecule has 0 fully saturated rings. The molecule has 0 bridgehead atoms. The number of carbonyl (C=O) groups is 1. The second kappa shape index (κ2) is 7.60. The maximum Gasteiger partial charge on any atom is 0.270 e. The Labute approximate surface area is 138 Å². The maximum absolute atomic E-state index is 12.3. The third-order valence-electron chi connectivity index (χ3n) is 3.01. The number of non-ortho nitro benzene ring substituents is 1. The molecular formula is C16H15ClN2O4. The molecule has 0 saturated heterocycles. The van der Waals surface area contributed by atoms with E-state index >= 15 is 0 Å². The lowest BCUT2D eigenvalue weighted by molar-refractivity contribution is -0.384. The highest BCUT2D eigenvalue weighted by Gasteiger charge is 2.16. The Morgan fingerprint density at radius 1 is 1.30 bits per heavy atom. The SMILES string of the molecule is CCCOc1ccccc1NC(=O)c1ccc([N+](=O)[O-])cc1Cl. The summed E-state index contributed by atoms with van der Waals surface area (Å²) in [5.74, 6) is 0.0955. The quantitative estimate of drug-likeness (QED) is 0.631. The third kappa shape index (κ3) is 4.20. The van der Waals surface area contributed by atoms with Crippen molar-refractivity contribution >= 4 is 28.9 Å². The van der Waals surface area contributed by atoms with E-state index in [0.29, 0.717) is 18.0 Å². The van der Waals surface area contributed by atoms with Crippen molar-refractivity contribution < 1.29 is 14.5 Å². The van der Waals surface area contributed by atoms with E-state index < -0.39 is 10.8 Å². The minimum Gasteiger partial charge on any atom is -0.491 e. The van der Waals surface area contributed by atoms with Crippen LogP contribution in [0.5, 0.6) is 5.75 Å². The average molecular weight is 335 g/mol. The summed E-state index contributed by atoms with van der Waals surface area (Å²) in [5.41, 5.74) is 0.501. The van der Waals surface area contributed by atoms with Crippen molar-refractivity contribution in [3.63, 3.8) is 0 Å². The van der Waals surface area contributed by atoms with Gasteiger partial charge in [-0.25, -0.2) is 0 Å². The van der Waals surface area contributed by atoms with Crippen LogP contribution in [0.25, 0.3) is 0 Å². The van der Waals surface area contributed by atoms with Crippen molar-refractivity contribution in [2.75, 3.05) is 11.9 Å². The van der Waals surface area contributed by atoms with E-state index in [2.05, 4.69) is 5.32 Å². The Hall–Kier alpha value is -2.60. The van der Waals surface area contributed by atoms with E-state index in [1.54, 1.807) is 24.3 Å². The molecule has 1 N–H and O–H groups in total. The highest BCUT2D eigenvalue weighted by molar-refractivity contribution is 6.34. The van der Waals surface area contributed by atoms with Gasteiger partial charge in [0.15, 0.2) is 0 Å². The molecule has 1 amide bonds. The first kappa shape index (κ1) is 16.8. The van der Waals surface area contributed by atoms with Crippen molar-refractivity contribution in [1.29, 1.82) is 0 Å². The monoisotopic (exact) mass is 334 g/mol. The van der Waals surface area contributed by atoms with E-state index in [1.807, 2.05) is 6.92 Å². The number of nitro benzene ring substituents is 1. The number of nitrogens with one attached hydrogen (secondary N) is 1. The molecule has 0 radical (unpaired) electrons. The molecule has 2 aromatic carbocycles. The number of carbonyl (C=O) groups excluding carboxylic acids is 1. The summed E-state index contributed by atoms with van der Waals surface area (Å²) < 4.78 is 5.57. The van der Waals surface area contributed by atoms with Crippen LogP contribution in [0.2, 0.25) is 5.02 Å². The number of ether oxygens (including phenoxy) is 1. The van der Waals surface area contributed by atoms with Crippen LogP contribution < -0.4 is 10.1 Å². The number of amides is 1. The van der Waals surface area contributed by atoms with Gasteiger partial charge in [0.2, 0.25) is 0 Å². The standard InChI is InChI=1S/C16H15ClN2O4/c1-2-9-23-15-6-4-3-5-14(15)18-16(20)12-8-7-11(19(21)22)10-13(12)17/h3-8,10H,2,9H2,1H3,(H,18,20). The molecule has 0 spiro atoms. The van der Waals surface area contributed by atoms with Gasteiger partial charge in [0, 0.05) is 12.1 Å². The average Bonchev–Trinajstić information content (AvgIpc) is 2.53. The van der Waals surface area contributed by atoms with E-state index in [4.69, 9.17) is 16.3 Å². The molecule has 2 aromatic rings. The summed E-state index contributed by atoms with van der Waals surface area (Å²) in [5, 5.41) is 13.4. The highest BCUT2D eigenvalue weighted by atomic mass is 35.5. The van der Waals surface area contributed by atoms with Gasteiger partial charge in [0.1, 0.15) is 5.75 Å². The van der Waals surface area contributed by atoms with Gasteiger partial charge < -0.3 is 10.1 Å². The van der Waals surface area contributed by atoms with E-state index in [0.717, 1.165) is 12.5 Å². The Bertz CT molecular complexity index is 734. The number of para-hydroxylation sites is 2. The summed E-state index contributed by atoms with van der Waals surface area (Å²) in [7, 11) is 0. The summed E-state index contributed by atoms with van der Waals surface area (Å²) in [4.78, 5) is 22.5. The van der Waals surface area contributed by atoms with Gasteiger partial charge in [-0.15, -0.1) is 0 Å². The molecule has 0 saturated carbocycles. The van der Waals surface area contributed by atoms with Crippen LogP contribution in [0, 0.1) is 10.1 Å². The van der Waals surface area contributed by atoms with E-state index in [1.165, 1.54) is 12.1 Å². The Morgan fingerprint density at radius 3 is 2.70 bits per heavy atom. The van der Waals surface area contributed by atoms with Crippen LogP contribution in [-0.2, 0) is 0 Å². The van der Waals surface area contributed by atoms with Crippen LogP contribution in [0.4, 0.5) is 11.4 Å². The number of nitro groups is 1. The molecule has 0 unspecified atom stereocenters. The molecule has 7 heteroatoms. The van der Waals surface area contributed by atoms with Gasteiger partial charge in [-0.2, -0.15) is 0 Å². The largest absolute Gasteiger partial charge is 0.491 e. The van der Waals surface area contributed by atoms with E-state index in [-0.39, 0.29) is 16.3 Å². The first-order chi connectivity index (χ1) is 11.0. The molecule has 0 aliphatic heterocycles. The number of hydrogen-bond acceptors (Lipinski definition) is 4. The topological polar surface area (TPSA) is 81.5 Å². The number of nitrogens with zero attached hydrogens (tertiary/aromatic N) is 1. The molecule has 23 heavy (non-hydrogen) atoms. The summed E-state index contributed by atoms with van der Waals surface area (Å²) in [6.45, 7) is 2.52. The summed E-state index contributed by atoms with van der Waals surface area (Å²) in [6, 6.07) is 10.7. The lowest BCUT2D eigenvalue weighted by Crippen LogP contribution is -2.13. The van der Waals surface area contributed by atoms with Crippen molar-refractivity contribution in [3.05, 3.63) is 63.2 Å². The minimum absolute atomic E-state index is 0.0173. The predicted molar refractivity (Wildman–Crippen MR) is 88.3 cm³/mol. The maximum atomic E-state index is 12.3. The van der Waals surface area contributed by atoms with Gasteiger partial charge >= 0.3 is 0 Å². The predicted octanol–water partition coefficient (Wildman–Crippen LogP) is 4.29. The summed E-state index contributed by atoms with van der Waals surface area (Å²) in [6.07, 6.45) is 0.844. The first-order valence-corrected chi connectivity index (χ1v) is 7.38. The van der Waals surface area contributed by atoms with Crippen LogP contribution >= 0.6 is 11.6 Å². The van der Waals surface area contributed by atoms with E-state index in [9.17, 15) is 14.9 Å². The fourth-order valence-corrected chi connectivity index (χ4v) is 2.16. The molecular weight excluding hydrogens is 320 g/mol. The zero-order valence-electron chi connectivity index (χ0n) is 12.4. The normalized spacial score (nSPS) is 10.2. The number of halogens is 1. The second-order valence-corrected chi connectivity index (χ2v) is 5.13. The molecule has 2 rings (SSSR count). The zero-order chi connectivity index (χ0) is 16.8. The first-order valence-electron chi connectivity index (χ1n) is 7.00. The molecule has 0 aromatic heterocycles. The minimum atomic E-state index is -0.568. The van der Waals surface area contributed by atoms with Crippen LogP contribution in [-0.4, -0.2) is 17.4 Å². The van der Waals surface area contributed by atoms with Crippen LogP contribution in [0.15, 0.2) is 42.5 Å². The molecule has 6 nitrogen and oxygen atoms in total. The fraction of sp³-hybridized carbons (Fsp3) is 0.188. The van der Waals surface area contributed by atoms with Gasteiger partial charge in [0.05, 0.1) is 27.8 Å². The van der Waals surface area contributed by atoms with Crippen molar-refractivity contribution in [2.45, 2.75) is 13.3 Å². The second-order valence-electron chi connectivity index (χ2n) is 4.72. The van der Waals surface area contributed by atoms with Crippen molar-refractivity contribution in [3.8, 4) is 5.75 Å². The van der Waals surface area contributed by atoms with Gasteiger partial charge in [-0.05, 0) is 24.6 Å². The fourth-order valence-electron chi connectivity index (χ4n) is 1.90. The van der Waals surface area contributed by atoms with Gasteiger partial charge in [-0.3, -0.25) is 14.9 Å². The molecule has 0 heterocycles. The Kier molecular flexibility index (Phi) is 5.54. The van der Waals surface area contributed by atoms with Gasteiger partial charge in [-0.1, -0.05) is 30.7 Å². The van der Waals surface area contributed by atoms with Crippen molar-refractivity contribution in [1.82, 2.24) is 0 Å². The molecule has 0 aliphatic carbocycles. The molecule has 0 aliphatic rings. The van der Waals surface area contributed by atoms with Crippen LogP contribution in [0.3, 0.4) is 0 Å². The number of hydrogen-bond donors (Lipinski definition) is 1. The number of anilines is 1. The zero-order valence-corrected chi connectivity index (χ0v) is 13.2. The van der Waals surface area contributed by atoms with Crippen LogP contribution in [0.1, 0.15) is 23.7 Å². The Morgan fingerprint density at radius 2 is 2.04 bits per heavy atom.